The van der Waals surface area contributed by atoms with Gasteiger partial charge in [-0.1, -0.05) is 48.0 Å². The molecule has 0 aromatic heterocycles. The van der Waals surface area contributed by atoms with Crippen LogP contribution in [-0.4, -0.2) is 47.0 Å². The van der Waals surface area contributed by atoms with Crippen molar-refractivity contribution < 1.29 is 19.4 Å². The Labute approximate surface area is 179 Å². The molecule has 162 valence electrons. The van der Waals surface area contributed by atoms with Crippen LogP contribution in [0.4, 0.5) is 4.79 Å². The second-order valence-corrected chi connectivity index (χ2v) is 9.08. The highest BCUT2D eigenvalue weighted by Gasteiger charge is 2.37. The Balaban J connectivity index is 1.62. The van der Waals surface area contributed by atoms with Crippen LogP contribution < -0.4 is 4.74 Å². The predicted octanol–water partition coefficient (Wildman–Crippen LogP) is 4.53. The molecule has 2 atom stereocenters. The topological polar surface area (TPSA) is 59.0 Å². The average Bonchev–Trinajstić information content (AvgIpc) is 3.05. The van der Waals surface area contributed by atoms with Crippen LogP contribution in [0.2, 0.25) is 0 Å². The van der Waals surface area contributed by atoms with Gasteiger partial charge in [0, 0.05) is 0 Å². The molecule has 1 heterocycles. The van der Waals surface area contributed by atoms with Crippen molar-refractivity contribution in [2.45, 2.75) is 64.7 Å². The zero-order valence-electron chi connectivity index (χ0n) is 18.4. The van der Waals surface area contributed by atoms with Gasteiger partial charge in [0.1, 0.15) is 18.0 Å². The van der Waals surface area contributed by atoms with E-state index < -0.39 is 17.8 Å². The number of nitrogens with zero attached hydrogens (tertiary/aromatic N) is 1. The largest absolute Gasteiger partial charge is 0.491 e. The Hall–Kier alpha value is -2.53. The Bertz CT molecular complexity index is 858. The zero-order chi connectivity index (χ0) is 21.7. The number of amides is 1. The van der Waals surface area contributed by atoms with Gasteiger partial charge in [0.25, 0.3) is 0 Å². The third-order valence-electron chi connectivity index (χ3n) is 5.19. The fourth-order valence-corrected chi connectivity index (χ4v) is 3.78. The highest BCUT2D eigenvalue weighted by Crippen LogP contribution is 2.25. The summed E-state index contributed by atoms with van der Waals surface area (Å²) in [5.74, 6) is 0.829. The van der Waals surface area contributed by atoms with Crippen molar-refractivity contribution in [2.75, 3.05) is 13.2 Å². The number of para-hydroxylation sites is 1. The Kier molecular flexibility index (Phi) is 7.03. The average molecular weight is 412 g/mol. The molecule has 0 bridgehead atoms. The smallest absolute Gasteiger partial charge is 0.410 e. The van der Waals surface area contributed by atoms with Gasteiger partial charge in [-0.3, -0.25) is 4.90 Å². The lowest BCUT2D eigenvalue weighted by Crippen LogP contribution is -2.42. The molecule has 2 aromatic rings. The van der Waals surface area contributed by atoms with E-state index in [9.17, 15) is 9.90 Å². The zero-order valence-corrected chi connectivity index (χ0v) is 18.4. The van der Waals surface area contributed by atoms with Crippen molar-refractivity contribution in [3.8, 4) is 5.75 Å². The number of carbonyl (C=O) groups excluding carboxylic acids is 1. The number of ether oxygens (including phenoxy) is 2. The normalized spacial score (nSPS) is 19.0. The number of benzene rings is 2. The Morgan fingerprint density at radius 2 is 1.90 bits per heavy atom. The van der Waals surface area contributed by atoms with Crippen LogP contribution in [0.3, 0.4) is 0 Å². The maximum Gasteiger partial charge on any atom is 0.410 e. The molecule has 0 radical (unpaired) electrons. The lowest BCUT2D eigenvalue weighted by atomic mass is 10.0. The van der Waals surface area contributed by atoms with E-state index in [-0.39, 0.29) is 12.6 Å². The minimum atomic E-state index is -0.571. The van der Waals surface area contributed by atoms with Crippen LogP contribution in [0.1, 0.15) is 43.9 Å². The molecule has 0 spiro atoms. The third-order valence-corrected chi connectivity index (χ3v) is 5.19. The molecule has 1 unspecified atom stereocenters. The van der Waals surface area contributed by atoms with Crippen LogP contribution in [0, 0.1) is 6.92 Å². The number of rotatable bonds is 6. The summed E-state index contributed by atoms with van der Waals surface area (Å²) in [5.41, 5.74) is 3.14. The van der Waals surface area contributed by atoms with E-state index in [4.69, 9.17) is 9.47 Å². The van der Waals surface area contributed by atoms with Crippen LogP contribution >= 0.6 is 0 Å². The van der Waals surface area contributed by atoms with Gasteiger partial charge in [-0.25, -0.2) is 4.79 Å². The van der Waals surface area contributed by atoms with Gasteiger partial charge in [-0.15, -0.1) is 0 Å². The van der Waals surface area contributed by atoms with Crippen molar-refractivity contribution in [1.29, 1.82) is 0 Å². The van der Waals surface area contributed by atoms with Crippen LogP contribution in [0.25, 0.3) is 0 Å². The second-order valence-electron chi connectivity index (χ2n) is 9.08. The molecule has 1 amide bonds. The van der Waals surface area contributed by atoms with Gasteiger partial charge >= 0.3 is 6.09 Å². The Morgan fingerprint density at radius 1 is 1.13 bits per heavy atom. The molecular formula is C25H33NO4. The number of likely N-dealkylation sites (tertiary alicyclic amines) is 1. The van der Waals surface area contributed by atoms with E-state index in [1.54, 1.807) is 4.90 Å². The van der Waals surface area contributed by atoms with Gasteiger partial charge < -0.3 is 14.6 Å². The highest BCUT2D eigenvalue weighted by molar-refractivity contribution is 5.69. The number of hydrogen-bond acceptors (Lipinski definition) is 4. The number of aliphatic hydroxyl groups excluding tert-OH is 1. The molecule has 0 saturated carbocycles. The SMILES string of the molecule is Cc1cccc(CCc2ccccc2OCC2C[C@@H](O)CN2C(=O)OC(C)(C)C)c1. The van der Waals surface area contributed by atoms with E-state index in [2.05, 4.69) is 37.3 Å². The fourth-order valence-electron chi connectivity index (χ4n) is 3.78. The van der Waals surface area contributed by atoms with Crippen molar-refractivity contribution >= 4 is 6.09 Å². The molecule has 30 heavy (non-hydrogen) atoms. The summed E-state index contributed by atoms with van der Waals surface area (Å²) < 4.78 is 11.6. The molecule has 1 aliphatic rings. The first-order valence-corrected chi connectivity index (χ1v) is 10.7. The standard InChI is InChI=1S/C25H33NO4/c1-18-8-7-9-19(14-18)12-13-20-10-5-6-11-23(20)29-17-21-15-22(27)16-26(21)24(28)30-25(2,3)4/h5-11,14,21-22,27H,12-13,15-17H2,1-4H3/t21?,22-/m1/s1. The summed E-state index contributed by atoms with van der Waals surface area (Å²) in [4.78, 5) is 14.1. The highest BCUT2D eigenvalue weighted by atomic mass is 16.6. The summed E-state index contributed by atoms with van der Waals surface area (Å²) in [6, 6.07) is 16.4. The van der Waals surface area contributed by atoms with Crippen molar-refractivity contribution in [1.82, 2.24) is 4.90 Å². The molecule has 5 heteroatoms. The summed E-state index contributed by atoms with van der Waals surface area (Å²) in [5, 5.41) is 10.1. The number of hydrogen-bond donors (Lipinski definition) is 1. The molecule has 2 aromatic carbocycles. The molecule has 1 aliphatic heterocycles. The quantitative estimate of drug-likeness (QED) is 0.759. The molecular weight excluding hydrogens is 378 g/mol. The molecule has 1 N–H and O–H groups in total. The van der Waals surface area contributed by atoms with E-state index >= 15 is 0 Å². The minimum Gasteiger partial charge on any atom is -0.491 e. The number of aliphatic hydroxyl groups is 1. The third kappa shape index (κ3) is 6.23. The van der Waals surface area contributed by atoms with E-state index in [1.807, 2.05) is 39.0 Å². The van der Waals surface area contributed by atoms with Crippen LogP contribution in [-0.2, 0) is 17.6 Å². The van der Waals surface area contributed by atoms with Crippen LogP contribution in [0.5, 0.6) is 5.75 Å². The lowest BCUT2D eigenvalue weighted by molar-refractivity contribution is 0.0173. The van der Waals surface area contributed by atoms with Gasteiger partial charge in [-0.05, 0) is 64.2 Å². The fraction of sp³-hybridized carbons (Fsp3) is 0.480. The van der Waals surface area contributed by atoms with Crippen molar-refractivity contribution in [2.24, 2.45) is 0 Å². The van der Waals surface area contributed by atoms with Gasteiger partial charge in [0.05, 0.1) is 18.7 Å². The summed E-state index contributed by atoms with van der Waals surface area (Å²) in [6.45, 7) is 8.23. The first-order chi connectivity index (χ1) is 14.2. The molecule has 5 nitrogen and oxygen atoms in total. The van der Waals surface area contributed by atoms with Crippen molar-refractivity contribution in [3.63, 3.8) is 0 Å². The van der Waals surface area contributed by atoms with Crippen LogP contribution in [0.15, 0.2) is 48.5 Å². The second kappa shape index (κ2) is 9.52. The molecule has 1 saturated heterocycles. The summed E-state index contributed by atoms with van der Waals surface area (Å²) in [7, 11) is 0. The maximum absolute atomic E-state index is 12.5. The van der Waals surface area contributed by atoms with E-state index in [0.29, 0.717) is 13.0 Å². The first kappa shape index (κ1) is 22.2. The summed E-state index contributed by atoms with van der Waals surface area (Å²) in [6.07, 6.45) is 1.35. The first-order valence-electron chi connectivity index (χ1n) is 10.7. The maximum atomic E-state index is 12.5. The van der Waals surface area contributed by atoms with E-state index in [0.717, 1.165) is 24.2 Å². The Morgan fingerprint density at radius 3 is 2.63 bits per heavy atom. The number of aryl methyl sites for hydroxylation is 3. The van der Waals surface area contributed by atoms with Gasteiger partial charge in [-0.2, -0.15) is 0 Å². The summed E-state index contributed by atoms with van der Waals surface area (Å²) >= 11 is 0. The van der Waals surface area contributed by atoms with E-state index in [1.165, 1.54) is 11.1 Å². The number of carbonyl (C=O) groups is 1. The molecule has 1 fully saturated rings. The van der Waals surface area contributed by atoms with Gasteiger partial charge in [0.2, 0.25) is 0 Å². The van der Waals surface area contributed by atoms with Gasteiger partial charge in [0.15, 0.2) is 0 Å². The number of β-amino-alcohol motifs (C(OH)–C–C–N with tert-alkyl or cyclic N) is 1. The molecule has 0 aliphatic carbocycles. The monoisotopic (exact) mass is 411 g/mol. The predicted molar refractivity (Wildman–Crippen MR) is 118 cm³/mol. The minimum absolute atomic E-state index is 0.209. The van der Waals surface area contributed by atoms with Crippen molar-refractivity contribution in [3.05, 3.63) is 65.2 Å². The lowest BCUT2D eigenvalue weighted by Gasteiger charge is -2.28. The molecule has 3 rings (SSSR count).